The minimum absolute atomic E-state index is 0. The molecular weight excluding hydrogens is 638 g/mol. The van der Waals surface area contributed by atoms with Gasteiger partial charge in [0.2, 0.25) is 0 Å². The molecule has 2 aromatic carbocycles. The van der Waals surface area contributed by atoms with E-state index in [1.165, 1.54) is 0 Å². The van der Waals surface area contributed by atoms with Crippen LogP contribution in [-0.2, 0) is 22.9 Å². The van der Waals surface area contributed by atoms with Gasteiger partial charge in [-0.15, -0.1) is 0 Å². The van der Waals surface area contributed by atoms with Gasteiger partial charge in [-0.25, -0.2) is 0 Å². The van der Waals surface area contributed by atoms with E-state index in [9.17, 15) is 0 Å². The van der Waals surface area contributed by atoms with E-state index >= 15 is 0 Å². The second-order valence-corrected chi connectivity index (χ2v) is 19.5. The molecule has 0 N–H and O–H groups in total. The van der Waals surface area contributed by atoms with E-state index in [0.717, 1.165) is 0 Å². The summed E-state index contributed by atoms with van der Waals surface area (Å²) in [6.07, 6.45) is 0. The van der Waals surface area contributed by atoms with Crippen molar-refractivity contribution in [3.8, 4) is 0 Å². The fourth-order valence-corrected chi connectivity index (χ4v) is 27.0. The van der Waals surface area contributed by atoms with Crippen molar-refractivity contribution < 1.29 is 47.7 Å². The SMILES string of the molecule is CC1=C(C)C2(C)[C](=C1C)[Hf+2][C]1=C(C)C(C)=C(C)C1(C)[Si]2(c1ccccc1)c1ccccc1.[Cl-].[Cl-]. The predicted octanol–water partition coefficient (Wildman–Crippen LogP) is 1.12. The molecule has 5 rings (SSSR count). The summed E-state index contributed by atoms with van der Waals surface area (Å²) in [4.78, 5) is 0. The largest absolute Gasteiger partial charge is 1.00 e. The third kappa shape index (κ3) is 2.98. The minimum atomic E-state index is -2.42. The van der Waals surface area contributed by atoms with Crippen molar-refractivity contribution in [3.05, 3.63) is 101 Å². The van der Waals surface area contributed by atoms with Crippen LogP contribution in [0.25, 0.3) is 0 Å². The van der Waals surface area contributed by atoms with Gasteiger partial charge in [0.15, 0.2) is 0 Å². The molecule has 3 aliphatic rings. The van der Waals surface area contributed by atoms with Crippen LogP contribution >= 0.6 is 0 Å². The Hall–Kier alpha value is -0.933. The summed E-state index contributed by atoms with van der Waals surface area (Å²) in [6, 6.07) is 23.4. The Labute approximate surface area is 230 Å². The molecule has 1 saturated heterocycles. The summed E-state index contributed by atoms with van der Waals surface area (Å²) in [5, 5.41) is 3.46. The van der Waals surface area contributed by atoms with Gasteiger partial charge in [-0.2, -0.15) is 0 Å². The number of allylic oxidation sites excluding steroid dienone is 8. The number of fused-ring (bicyclic) bond motifs is 2. The Balaban J connectivity index is 0.00000162. The maximum Gasteiger partial charge on any atom is -1.00 e. The molecule has 2 aliphatic carbocycles. The Morgan fingerprint density at radius 1 is 0.529 bits per heavy atom. The van der Waals surface area contributed by atoms with Crippen molar-refractivity contribution >= 4 is 18.4 Å². The summed E-state index contributed by atoms with van der Waals surface area (Å²) in [5.41, 5.74) is 9.68. The van der Waals surface area contributed by atoms with E-state index in [0.29, 0.717) is 0 Å². The molecule has 0 spiro atoms. The molecule has 4 heteroatoms. The molecule has 0 bridgehead atoms. The van der Waals surface area contributed by atoms with Gasteiger partial charge in [0.1, 0.15) is 0 Å². The van der Waals surface area contributed by atoms with Crippen molar-refractivity contribution in [2.45, 2.75) is 65.5 Å². The maximum absolute atomic E-state index is 2.66. The summed E-state index contributed by atoms with van der Waals surface area (Å²) < 4.78 is 3.75. The van der Waals surface area contributed by atoms with Gasteiger partial charge < -0.3 is 24.8 Å². The summed E-state index contributed by atoms with van der Waals surface area (Å²) in [6.45, 7) is 19.9. The minimum Gasteiger partial charge on any atom is -1.00 e. The number of benzene rings is 2. The van der Waals surface area contributed by atoms with Gasteiger partial charge in [0.25, 0.3) is 0 Å². The topological polar surface area (TPSA) is 0 Å². The molecule has 2 atom stereocenters. The van der Waals surface area contributed by atoms with Crippen LogP contribution in [0, 0.1) is 0 Å². The van der Waals surface area contributed by atoms with Crippen LogP contribution in [0.15, 0.2) is 101 Å². The van der Waals surface area contributed by atoms with Crippen molar-refractivity contribution in [2.24, 2.45) is 0 Å². The molecule has 0 radical (unpaired) electrons. The maximum atomic E-state index is 2.66. The summed E-state index contributed by atoms with van der Waals surface area (Å²) in [7, 11) is -2.42. The van der Waals surface area contributed by atoms with Gasteiger partial charge >= 0.3 is 208 Å². The van der Waals surface area contributed by atoms with Crippen LogP contribution in [0.3, 0.4) is 0 Å². The smallest absolute Gasteiger partial charge is 1.00 e. The second-order valence-electron chi connectivity index (χ2n) is 10.4. The van der Waals surface area contributed by atoms with Crippen LogP contribution in [0.1, 0.15) is 55.4 Å². The molecular formula is C30H34Cl2HfSi. The number of rotatable bonds is 2. The average Bonchev–Trinajstić information content (AvgIpc) is 3.08. The van der Waals surface area contributed by atoms with Gasteiger partial charge in [-0.1, -0.05) is 0 Å². The second kappa shape index (κ2) is 9.18. The molecule has 176 valence electrons. The third-order valence-corrected chi connectivity index (χ3v) is 26.2. The third-order valence-electron chi connectivity index (χ3n) is 9.66. The van der Waals surface area contributed by atoms with Gasteiger partial charge in [-0.05, 0) is 0 Å². The van der Waals surface area contributed by atoms with Crippen LogP contribution in [0.2, 0.25) is 10.1 Å². The standard InChI is InChI=1S/C30H34Si.2ClH.Hf/c1-21-19-29(7,25(5)23(21)3)31(27-15-11-9-12-16-27,28-17-13-10-14-18-28)30(8)20-22(2)24(4)26(30)6;;;/h9-18H,1-8H3;2*1H;/q;;;+2/p-2. The van der Waals surface area contributed by atoms with E-state index in [-0.39, 0.29) is 34.9 Å². The van der Waals surface area contributed by atoms with Gasteiger partial charge in [0.05, 0.1) is 0 Å². The van der Waals surface area contributed by atoms with E-state index in [2.05, 4.69) is 116 Å². The molecule has 1 fully saturated rings. The molecule has 2 aromatic rings. The zero-order valence-corrected chi connectivity index (χ0v) is 27.6. The van der Waals surface area contributed by atoms with Crippen LogP contribution in [0.4, 0.5) is 0 Å². The normalized spacial score (nSPS) is 26.9. The number of hydrogen-bond acceptors (Lipinski definition) is 0. The zero-order chi connectivity index (χ0) is 23.1. The first-order valence-electron chi connectivity index (χ1n) is 11.8. The van der Waals surface area contributed by atoms with Gasteiger partial charge in [-0.3, -0.25) is 0 Å². The Morgan fingerprint density at radius 2 is 0.853 bits per heavy atom. The van der Waals surface area contributed by atoms with E-state index in [4.69, 9.17) is 0 Å². The van der Waals surface area contributed by atoms with Crippen molar-refractivity contribution in [1.82, 2.24) is 0 Å². The first kappa shape index (κ1) is 27.7. The predicted molar refractivity (Wildman–Crippen MR) is 137 cm³/mol. The Kier molecular flexibility index (Phi) is 7.47. The van der Waals surface area contributed by atoms with Gasteiger partial charge in [0, 0.05) is 0 Å². The van der Waals surface area contributed by atoms with E-state index in [1.54, 1.807) is 43.8 Å². The fraction of sp³-hybridized carbons (Fsp3) is 0.333. The Bertz CT molecular complexity index is 1170. The van der Waals surface area contributed by atoms with E-state index < -0.39 is 31.0 Å². The molecule has 1 aliphatic heterocycles. The average molecular weight is 672 g/mol. The number of hydrogen-bond donors (Lipinski definition) is 0. The van der Waals surface area contributed by atoms with Crippen LogP contribution in [-0.4, -0.2) is 8.07 Å². The van der Waals surface area contributed by atoms with Crippen LogP contribution in [0.5, 0.6) is 0 Å². The Morgan fingerprint density at radius 3 is 1.18 bits per heavy atom. The fourth-order valence-electron chi connectivity index (χ4n) is 7.51. The molecule has 34 heavy (non-hydrogen) atoms. The van der Waals surface area contributed by atoms with Crippen molar-refractivity contribution in [1.29, 1.82) is 0 Å². The van der Waals surface area contributed by atoms with Crippen molar-refractivity contribution in [3.63, 3.8) is 0 Å². The zero-order valence-electron chi connectivity index (χ0n) is 21.5. The molecule has 0 aromatic heterocycles. The van der Waals surface area contributed by atoms with Crippen molar-refractivity contribution in [2.75, 3.05) is 0 Å². The number of halogens is 2. The molecule has 1 heterocycles. The summed E-state index contributed by atoms with van der Waals surface area (Å²) >= 11 is -1.20. The molecule has 2 unspecified atom stereocenters. The monoisotopic (exact) mass is 672 g/mol. The summed E-state index contributed by atoms with van der Waals surface area (Å²) in [5.74, 6) is 0. The molecule has 0 nitrogen and oxygen atoms in total. The first-order valence-corrected chi connectivity index (χ1v) is 17.4. The molecule has 0 saturated carbocycles. The van der Waals surface area contributed by atoms with E-state index in [1.807, 2.05) is 6.66 Å². The first-order chi connectivity index (χ1) is 15.1. The van der Waals surface area contributed by atoms with Crippen LogP contribution < -0.4 is 35.2 Å². The quantitative estimate of drug-likeness (QED) is 0.421. The molecule has 0 amide bonds.